The van der Waals surface area contributed by atoms with Crippen molar-refractivity contribution < 1.29 is 9.59 Å². The topological polar surface area (TPSA) is 75.4 Å². The molecule has 1 fully saturated rings. The molecule has 2 amide bonds. The minimum Gasteiger partial charge on any atom is -0.345 e. The van der Waals surface area contributed by atoms with Crippen LogP contribution < -0.4 is 11.1 Å². The molecule has 1 aromatic carbocycles. The summed E-state index contributed by atoms with van der Waals surface area (Å²) in [7, 11) is 3.41. The van der Waals surface area contributed by atoms with Crippen LogP contribution in [-0.2, 0) is 4.79 Å². The molecular formula is C16H23N3O2. The van der Waals surface area contributed by atoms with Gasteiger partial charge in [-0.05, 0) is 43.4 Å². The van der Waals surface area contributed by atoms with Gasteiger partial charge in [-0.25, -0.2) is 0 Å². The van der Waals surface area contributed by atoms with Crippen LogP contribution in [0.3, 0.4) is 0 Å². The lowest BCUT2D eigenvalue weighted by atomic mass is 10.1. The van der Waals surface area contributed by atoms with E-state index in [1.54, 1.807) is 26.2 Å². The molecule has 1 aliphatic rings. The Morgan fingerprint density at radius 3 is 2.62 bits per heavy atom. The smallest absolute Gasteiger partial charge is 0.253 e. The minimum atomic E-state index is -0.0908. The van der Waals surface area contributed by atoms with Crippen molar-refractivity contribution in [3.8, 4) is 0 Å². The number of carbonyl (C=O) groups excluding carboxylic acids is 2. The summed E-state index contributed by atoms with van der Waals surface area (Å²) in [5, 5.41) is 2.87. The van der Waals surface area contributed by atoms with Crippen LogP contribution in [0.1, 0.15) is 35.2 Å². The molecule has 21 heavy (non-hydrogen) atoms. The van der Waals surface area contributed by atoms with Crippen molar-refractivity contribution in [1.82, 2.24) is 4.90 Å². The predicted molar refractivity (Wildman–Crippen MR) is 83.1 cm³/mol. The second-order valence-electron chi connectivity index (χ2n) is 5.98. The Balaban J connectivity index is 2.05. The van der Waals surface area contributed by atoms with Gasteiger partial charge < -0.3 is 16.0 Å². The molecule has 1 atom stereocenters. The number of benzene rings is 1. The van der Waals surface area contributed by atoms with E-state index in [0.717, 1.165) is 18.4 Å². The van der Waals surface area contributed by atoms with Gasteiger partial charge in [0.2, 0.25) is 5.91 Å². The van der Waals surface area contributed by atoms with Crippen LogP contribution in [0.5, 0.6) is 0 Å². The average Bonchev–Trinajstić information content (AvgIpc) is 3.24. The lowest BCUT2D eigenvalue weighted by Crippen LogP contribution is -2.29. The molecule has 0 heterocycles. The quantitative estimate of drug-likeness (QED) is 0.867. The lowest BCUT2D eigenvalue weighted by Gasteiger charge is -2.15. The number of nitrogens with two attached hydrogens (primary N) is 1. The number of hydrogen-bond donors (Lipinski definition) is 2. The SMILES string of the molecule is Cc1ccc(C(=O)N(C)C)cc1NC(=O)CC(N)C1CC1. The Morgan fingerprint density at radius 2 is 2.05 bits per heavy atom. The fraction of sp³-hybridized carbons (Fsp3) is 0.500. The van der Waals surface area contributed by atoms with E-state index in [1.165, 1.54) is 4.90 Å². The number of anilines is 1. The van der Waals surface area contributed by atoms with Crippen LogP contribution in [0.2, 0.25) is 0 Å². The highest BCUT2D eigenvalue weighted by Gasteiger charge is 2.29. The number of hydrogen-bond acceptors (Lipinski definition) is 3. The van der Waals surface area contributed by atoms with Crippen molar-refractivity contribution >= 4 is 17.5 Å². The first-order chi connectivity index (χ1) is 9.88. The summed E-state index contributed by atoms with van der Waals surface area (Å²) >= 11 is 0. The summed E-state index contributed by atoms with van der Waals surface area (Å²) in [6.07, 6.45) is 2.58. The molecule has 2 rings (SSSR count). The van der Waals surface area contributed by atoms with E-state index in [-0.39, 0.29) is 17.9 Å². The van der Waals surface area contributed by atoms with Crippen molar-refractivity contribution in [3.63, 3.8) is 0 Å². The molecule has 0 radical (unpaired) electrons. The van der Waals surface area contributed by atoms with E-state index in [4.69, 9.17) is 5.73 Å². The normalized spacial score (nSPS) is 15.4. The zero-order valence-corrected chi connectivity index (χ0v) is 12.8. The monoisotopic (exact) mass is 289 g/mol. The van der Waals surface area contributed by atoms with E-state index in [1.807, 2.05) is 13.0 Å². The maximum absolute atomic E-state index is 12.0. The molecule has 1 unspecified atom stereocenters. The zero-order valence-electron chi connectivity index (χ0n) is 12.8. The van der Waals surface area contributed by atoms with Gasteiger partial charge in [0.25, 0.3) is 5.91 Å². The van der Waals surface area contributed by atoms with Gasteiger partial charge in [-0.1, -0.05) is 6.07 Å². The van der Waals surface area contributed by atoms with Crippen LogP contribution in [0.25, 0.3) is 0 Å². The fourth-order valence-electron chi connectivity index (χ4n) is 2.25. The van der Waals surface area contributed by atoms with Crippen molar-refractivity contribution in [3.05, 3.63) is 29.3 Å². The number of nitrogens with zero attached hydrogens (tertiary/aromatic N) is 1. The molecule has 1 saturated carbocycles. The number of amides is 2. The highest BCUT2D eigenvalue weighted by atomic mass is 16.2. The zero-order chi connectivity index (χ0) is 15.6. The Morgan fingerprint density at radius 1 is 1.38 bits per heavy atom. The predicted octanol–water partition coefficient (Wildman–Crippen LogP) is 1.76. The van der Waals surface area contributed by atoms with Gasteiger partial charge in [0.1, 0.15) is 0 Å². The average molecular weight is 289 g/mol. The molecule has 0 saturated heterocycles. The van der Waals surface area contributed by atoms with E-state index in [2.05, 4.69) is 5.32 Å². The summed E-state index contributed by atoms with van der Waals surface area (Å²) in [5.74, 6) is 0.325. The van der Waals surface area contributed by atoms with E-state index >= 15 is 0 Å². The molecule has 0 aromatic heterocycles. The van der Waals surface area contributed by atoms with E-state index < -0.39 is 0 Å². The van der Waals surface area contributed by atoms with Crippen LogP contribution in [0, 0.1) is 12.8 Å². The van der Waals surface area contributed by atoms with Crippen LogP contribution >= 0.6 is 0 Å². The van der Waals surface area contributed by atoms with Gasteiger partial charge in [0, 0.05) is 37.8 Å². The second kappa shape index (κ2) is 6.26. The van der Waals surface area contributed by atoms with Crippen molar-refractivity contribution in [2.75, 3.05) is 19.4 Å². The van der Waals surface area contributed by atoms with Crippen LogP contribution in [0.15, 0.2) is 18.2 Å². The molecule has 0 aliphatic heterocycles. The lowest BCUT2D eigenvalue weighted by molar-refractivity contribution is -0.116. The van der Waals surface area contributed by atoms with E-state index in [0.29, 0.717) is 23.6 Å². The summed E-state index contributed by atoms with van der Waals surface area (Å²) in [4.78, 5) is 25.5. The largest absolute Gasteiger partial charge is 0.345 e. The summed E-state index contributed by atoms with van der Waals surface area (Å²) in [6, 6.07) is 5.27. The number of nitrogens with one attached hydrogen (secondary N) is 1. The third-order valence-electron chi connectivity index (χ3n) is 3.81. The van der Waals surface area contributed by atoms with Crippen molar-refractivity contribution in [1.29, 1.82) is 0 Å². The molecule has 5 heteroatoms. The molecular weight excluding hydrogens is 266 g/mol. The van der Waals surface area contributed by atoms with Crippen LogP contribution in [-0.4, -0.2) is 36.9 Å². The Hall–Kier alpha value is -1.88. The summed E-state index contributed by atoms with van der Waals surface area (Å²) in [6.45, 7) is 1.90. The van der Waals surface area contributed by atoms with Crippen molar-refractivity contribution in [2.45, 2.75) is 32.2 Å². The molecule has 0 spiro atoms. The molecule has 3 N–H and O–H groups in total. The Labute approximate surface area is 125 Å². The maximum Gasteiger partial charge on any atom is 0.253 e. The first kappa shape index (κ1) is 15.5. The molecule has 1 aliphatic carbocycles. The maximum atomic E-state index is 12.0. The Bertz CT molecular complexity index is 550. The summed E-state index contributed by atoms with van der Waals surface area (Å²) < 4.78 is 0. The van der Waals surface area contributed by atoms with Crippen molar-refractivity contribution in [2.24, 2.45) is 11.7 Å². The van der Waals surface area contributed by atoms with Gasteiger partial charge in [-0.3, -0.25) is 9.59 Å². The van der Waals surface area contributed by atoms with Gasteiger partial charge in [-0.15, -0.1) is 0 Å². The second-order valence-corrected chi connectivity index (χ2v) is 5.98. The number of rotatable bonds is 5. The number of aryl methyl sites for hydroxylation is 1. The first-order valence-corrected chi connectivity index (χ1v) is 7.26. The van der Waals surface area contributed by atoms with E-state index in [9.17, 15) is 9.59 Å². The van der Waals surface area contributed by atoms with Gasteiger partial charge in [0.05, 0.1) is 0 Å². The standard InChI is InChI=1S/C16H23N3O2/c1-10-4-5-12(16(21)19(2)3)8-14(10)18-15(20)9-13(17)11-6-7-11/h4-5,8,11,13H,6-7,9,17H2,1-3H3,(H,18,20). The first-order valence-electron chi connectivity index (χ1n) is 7.26. The molecule has 1 aromatic rings. The Kier molecular flexibility index (Phi) is 4.63. The highest BCUT2D eigenvalue weighted by Crippen LogP contribution is 2.33. The third-order valence-corrected chi connectivity index (χ3v) is 3.81. The molecule has 5 nitrogen and oxygen atoms in total. The fourth-order valence-corrected chi connectivity index (χ4v) is 2.25. The van der Waals surface area contributed by atoms with Gasteiger partial charge in [0.15, 0.2) is 0 Å². The number of carbonyl (C=O) groups is 2. The molecule has 114 valence electrons. The minimum absolute atomic E-state index is 0.0584. The third kappa shape index (κ3) is 4.04. The summed E-state index contributed by atoms with van der Waals surface area (Å²) in [5.41, 5.74) is 8.14. The highest BCUT2D eigenvalue weighted by molar-refractivity contribution is 5.97. The van der Waals surface area contributed by atoms with Gasteiger partial charge >= 0.3 is 0 Å². The molecule has 0 bridgehead atoms. The van der Waals surface area contributed by atoms with Gasteiger partial charge in [-0.2, -0.15) is 0 Å². The van der Waals surface area contributed by atoms with Crippen LogP contribution in [0.4, 0.5) is 5.69 Å².